The highest BCUT2D eigenvalue weighted by Crippen LogP contribution is 2.40. The molecule has 7 nitrogen and oxygen atoms in total. The zero-order valence-corrected chi connectivity index (χ0v) is 21.5. The van der Waals surface area contributed by atoms with Crippen molar-refractivity contribution in [2.24, 2.45) is 11.8 Å². The average molecular weight is 508 g/mol. The van der Waals surface area contributed by atoms with Crippen molar-refractivity contribution in [1.82, 2.24) is 9.21 Å². The predicted molar refractivity (Wildman–Crippen MR) is 137 cm³/mol. The van der Waals surface area contributed by atoms with Crippen LogP contribution in [0.4, 0.5) is 5.69 Å². The highest BCUT2D eigenvalue weighted by molar-refractivity contribution is 7.89. The number of hydrogen-bond acceptors (Lipinski definition) is 4. The number of fused-ring (bicyclic) bond motifs is 2. The first-order chi connectivity index (χ1) is 17.3. The second-order valence-electron chi connectivity index (χ2n) is 10.8. The van der Waals surface area contributed by atoms with Gasteiger partial charge in [0.1, 0.15) is 0 Å². The van der Waals surface area contributed by atoms with E-state index in [4.69, 9.17) is 0 Å². The molecule has 0 spiro atoms. The van der Waals surface area contributed by atoms with Crippen LogP contribution in [-0.2, 0) is 39.0 Å². The zero-order valence-electron chi connectivity index (χ0n) is 20.7. The third-order valence-corrected chi connectivity index (χ3v) is 10.2. The highest BCUT2D eigenvalue weighted by Gasteiger charge is 2.40. The van der Waals surface area contributed by atoms with Gasteiger partial charge >= 0.3 is 0 Å². The molecule has 3 heterocycles. The van der Waals surface area contributed by atoms with Crippen LogP contribution >= 0.6 is 0 Å². The van der Waals surface area contributed by atoms with E-state index < -0.39 is 10.0 Å². The second-order valence-corrected chi connectivity index (χ2v) is 12.7. The lowest BCUT2D eigenvalue weighted by molar-refractivity contribution is -0.137. The number of benzene rings is 2. The Bertz CT molecular complexity index is 1310. The Hall–Kier alpha value is -2.71. The summed E-state index contributed by atoms with van der Waals surface area (Å²) in [7, 11) is -3.65. The largest absolute Gasteiger partial charge is 0.338 e. The molecule has 1 aliphatic carbocycles. The quantitative estimate of drug-likeness (QED) is 0.636. The van der Waals surface area contributed by atoms with Crippen molar-refractivity contribution < 1.29 is 18.0 Å². The van der Waals surface area contributed by atoms with Gasteiger partial charge in [-0.05, 0) is 80.3 Å². The van der Waals surface area contributed by atoms with Crippen LogP contribution in [0.15, 0.2) is 47.4 Å². The Morgan fingerprint density at radius 2 is 1.53 bits per heavy atom. The highest BCUT2D eigenvalue weighted by atomic mass is 32.2. The molecule has 6 rings (SSSR count). The summed E-state index contributed by atoms with van der Waals surface area (Å²) < 4.78 is 28.5. The van der Waals surface area contributed by atoms with Crippen molar-refractivity contribution in [1.29, 1.82) is 0 Å². The van der Waals surface area contributed by atoms with E-state index in [0.717, 1.165) is 37.1 Å². The van der Waals surface area contributed by atoms with Crippen LogP contribution < -0.4 is 4.90 Å². The van der Waals surface area contributed by atoms with Gasteiger partial charge in [0.15, 0.2) is 0 Å². The van der Waals surface area contributed by atoms with E-state index in [-0.39, 0.29) is 34.6 Å². The molecule has 0 radical (unpaired) electrons. The lowest BCUT2D eigenvalue weighted by Gasteiger charge is -2.35. The molecule has 0 aromatic heterocycles. The molecule has 0 N–H and O–H groups in total. The van der Waals surface area contributed by atoms with Crippen LogP contribution in [0, 0.1) is 11.8 Å². The van der Waals surface area contributed by atoms with Gasteiger partial charge in [0.25, 0.3) is 0 Å². The summed E-state index contributed by atoms with van der Waals surface area (Å²) in [5, 5.41) is 0. The van der Waals surface area contributed by atoms with E-state index in [0.29, 0.717) is 38.9 Å². The Kier molecular flexibility index (Phi) is 5.91. The predicted octanol–water partition coefficient (Wildman–Crippen LogP) is 3.36. The number of sulfonamides is 1. The Labute approximate surface area is 213 Å². The molecule has 36 heavy (non-hydrogen) atoms. The van der Waals surface area contributed by atoms with Crippen LogP contribution in [0.3, 0.4) is 0 Å². The molecule has 190 valence electrons. The first kappa shape index (κ1) is 23.7. The summed E-state index contributed by atoms with van der Waals surface area (Å²) >= 11 is 0. The topological polar surface area (TPSA) is 78.0 Å². The monoisotopic (exact) mass is 507 g/mol. The molecule has 1 atom stereocenters. The van der Waals surface area contributed by atoms with Gasteiger partial charge in [-0.25, -0.2) is 8.42 Å². The van der Waals surface area contributed by atoms with E-state index in [2.05, 4.69) is 12.1 Å². The molecule has 3 aliphatic heterocycles. The summed E-state index contributed by atoms with van der Waals surface area (Å²) in [6.07, 6.45) is 4.53. The van der Waals surface area contributed by atoms with Crippen LogP contribution in [0.1, 0.15) is 49.3 Å². The summed E-state index contributed by atoms with van der Waals surface area (Å²) in [6.45, 7) is 4.09. The molecule has 4 aliphatic rings. The molecule has 1 unspecified atom stereocenters. The maximum absolute atomic E-state index is 13.5. The van der Waals surface area contributed by atoms with E-state index in [1.807, 2.05) is 28.9 Å². The zero-order chi connectivity index (χ0) is 25.0. The number of carbonyl (C=O) groups excluding carboxylic acids is 2. The fourth-order valence-electron chi connectivity index (χ4n) is 6.06. The van der Waals surface area contributed by atoms with Gasteiger partial charge in [0.2, 0.25) is 21.8 Å². The SMILES string of the molecule is CC1Cc2cc(S(=O)(=O)N3CCC(C(=O)N4CCc5ccccc5C4)CC3)ccc2N1C(=O)C1CC1. The molecular formula is C28H33N3O4S. The van der Waals surface area contributed by atoms with E-state index in [1.54, 1.807) is 18.2 Å². The van der Waals surface area contributed by atoms with E-state index in [1.165, 1.54) is 15.4 Å². The van der Waals surface area contributed by atoms with Gasteiger partial charge in [0, 0.05) is 49.7 Å². The summed E-state index contributed by atoms with van der Waals surface area (Å²) in [6, 6.07) is 13.5. The summed E-state index contributed by atoms with van der Waals surface area (Å²) in [5.41, 5.74) is 4.30. The first-order valence-corrected chi connectivity index (χ1v) is 14.6. The number of carbonyl (C=O) groups is 2. The smallest absolute Gasteiger partial charge is 0.243 e. The minimum absolute atomic E-state index is 0.0505. The van der Waals surface area contributed by atoms with Crippen molar-refractivity contribution in [3.63, 3.8) is 0 Å². The number of hydrogen-bond donors (Lipinski definition) is 0. The molecular weight excluding hydrogens is 474 g/mol. The lowest BCUT2D eigenvalue weighted by atomic mass is 9.94. The minimum Gasteiger partial charge on any atom is -0.338 e. The first-order valence-electron chi connectivity index (χ1n) is 13.1. The molecule has 2 aromatic carbocycles. The Morgan fingerprint density at radius 3 is 2.25 bits per heavy atom. The standard InChI is InChI=1S/C28H33N3O4S/c1-19-16-24-17-25(8-9-26(24)31(19)28(33)21-6-7-21)36(34,35)30-14-11-22(12-15-30)27(32)29-13-10-20-4-2-3-5-23(20)18-29/h2-5,8-9,17,19,21-22H,6-7,10-16,18H2,1H3. The number of nitrogens with zero attached hydrogens (tertiary/aromatic N) is 3. The molecule has 2 aromatic rings. The molecule has 1 saturated carbocycles. The second kappa shape index (κ2) is 8.99. The van der Waals surface area contributed by atoms with Crippen molar-refractivity contribution in [3.8, 4) is 0 Å². The molecule has 8 heteroatoms. The van der Waals surface area contributed by atoms with Crippen molar-refractivity contribution in [2.75, 3.05) is 24.5 Å². The van der Waals surface area contributed by atoms with Crippen LogP contribution in [0.5, 0.6) is 0 Å². The van der Waals surface area contributed by atoms with E-state index in [9.17, 15) is 18.0 Å². The van der Waals surface area contributed by atoms with Crippen LogP contribution in [0.25, 0.3) is 0 Å². The summed E-state index contributed by atoms with van der Waals surface area (Å²) in [5.74, 6) is 0.310. The summed E-state index contributed by atoms with van der Waals surface area (Å²) in [4.78, 5) is 30.0. The maximum Gasteiger partial charge on any atom is 0.243 e. The fourth-order valence-corrected chi connectivity index (χ4v) is 7.59. The third kappa shape index (κ3) is 4.14. The third-order valence-electron chi connectivity index (χ3n) is 8.31. The van der Waals surface area contributed by atoms with Crippen molar-refractivity contribution >= 4 is 27.5 Å². The Morgan fingerprint density at radius 1 is 0.833 bits per heavy atom. The average Bonchev–Trinajstić information content (AvgIpc) is 3.69. The van der Waals surface area contributed by atoms with Gasteiger partial charge in [-0.3, -0.25) is 9.59 Å². The van der Waals surface area contributed by atoms with Gasteiger partial charge in [-0.1, -0.05) is 24.3 Å². The van der Waals surface area contributed by atoms with E-state index >= 15 is 0 Å². The number of piperidine rings is 1. The maximum atomic E-state index is 13.5. The van der Waals surface area contributed by atoms with Crippen molar-refractivity contribution in [3.05, 3.63) is 59.2 Å². The van der Waals surface area contributed by atoms with Gasteiger partial charge in [-0.2, -0.15) is 4.31 Å². The Balaban J connectivity index is 1.12. The number of anilines is 1. The number of amides is 2. The fraction of sp³-hybridized carbons (Fsp3) is 0.500. The van der Waals surface area contributed by atoms with Crippen LogP contribution in [0.2, 0.25) is 0 Å². The number of rotatable bonds is 4. The minimum atomic E-state index is -3.65. The van der Waals surface area contributed by atoms with Gasteiger partial charge in [0.05, 0.1) is 4.90 Å². The molecule has 2 amide bonds. The van der Waals surface area contributed by atoms with Gasteiger partial charge in [-0.15, -0.1) is 0 Å². The van der Waals surface area contributed by atoms with Crippen molar-refractivity contribution in [2.45, 2.75) is 62.9 Å². The molecule has 1 saturated heterocycles. The van der Waals surface area contributed by atoms with Gasteiger partial charge < -0.3 is 9.80 Å². The molecule has 2 fully saturated rings. The van der Waals surface area contributed by atoms with Crippen LogP contribution in [-0.4, -0.2) is 55.1 Å². The lowest BCUT2D eigenvalue weighted by Crippen LogP contribution is -2.45. The normalized spacial score (nSPS) is 22.9. The molecule has 0 bridgehead atoms.